The van der Waals surface area contributed by atoms with Gasteiger partial charge in [-0.05, 0) is 50.0 Å². The Bertz CT molecular complexity index is 502. The molecule has 8 heteroatoms. The molecule has 1 fully saturated rings. The van der Waals surface area contributed by atoms with E-state index in [1.54, 1.807) is 7.11 Å². The minimum Gasteiger partial charge on any atom is -0.381 e. The predicted octanol–water partition coefficient (Wildman–Crippen LogP) is 3.50. The lowest BCUT2D eigenvalue weighted by atomic mass is 9.66. The Morgan fingerprint density at radius 3 is 2.29 bits per heavy atom. The minimum atomic E-state index is -5.54. The smallest absolute Gasteiger partial charge is 0.381 e. The van der Waals surface area contributed by atoms with Gasteiger partial charge in [-0.15, -0.1) is 0 Å². The number of halogens is 3. The molecule has 0 aromatic heterocycles. The predicted molar refractivity (Wildman–Crippen MR) is 69.7 cm³/mol. The maximum atomic E-state index is 12.3. The SMILES string of the molecule is COC1CCC2(CC=C(OS(=O)(=O)C(F)(F)F)CC2)CC1. The number of rotatable bonds is 3. The molecule has 0 aliphatic heterocycles. The van der Waals surface area contributed by atoms with E-state index in [2.05, 4.69) is 4.18 Å². The van der Waals surface area contributed by atoms with Gasteiger partial charge in [0.15, 0.2) is 0 Å². The number of methoxy groups -OCH3 is 1. The first-order valence-electron chi connectivity index (χ1n) is 6.90. The third-order valence-electron chi connectivity index (χ3n) is 4.49. The van der Waals surface area contributed by atoms with Crippen LogP contribution in [0.25, 0.3) is 0 Å². The Labute approximate surface area is 122 Å². The molecule has 0 aromatic rings. The second-order valence-electron chi connectivity index (χ2n) is 5.79. The molecule has 1 saturated carbocycles. The van der Waals surface area contributed by atoms with E-state index in [9.17, 15) is 21.6 Å². The average Bonchev–Trinajstić information content (AvgIpc) is 2.41. The first-order chi connectivity index (χ1) is 9.67. The molecule has 4 nitrogen and oxygen atoms in total. The number of hydrogen-bond acceptors (Lipinski definition) is 4. The zero-order valence-electron chi connectivity index (χ0n) is 11.8. The Morgan fingerprint density at radius 2 is 1.86 bits per heavy atom. The molecule has 0 saturated heterocycles. The average molecular weight is 328 g/mol. The number of alkyl halides is 3. The number of ether oxygens (including phenoxy) is 1. The highest BCUT2D eigenvalue weighted by Gasteiger charge is 2.49. The van der Waals surface area contributed by atoms with E-state index in [-0.39, 0.29) is 23.7 Å². The van der Waals surface area contributed by atoms with Crippen LogP contribution in [0.5, 0.6) is 0 Å². The fourth-order valence-corrected chi connectivity index (χ4v) is 3.61. The van der Waals surface area contributed by atoms with Crippen molar-refractivity contribution in [2.24, 2.45) is 5.41 Å². The second kappa shape index (κ2) is 5.79. The lowest BCUT2D eigenvalue weighted by Gasteiger charge is -2.41. The summed E-state index contributed by atoms with van der Waals surface area (Å²) in [5, 5.41) is 0. The van der Waals surface area contributed by atoms with E-state index < -0.39 is 15.6 Å². The van der Waals surface area contributed by atoms with Crippen LogP contribution in [0.2, 0.25) is 0 Å². The Kier molecular flexibility index (Phi) is 4.58. The normalized spacial score (nSPS) is 31.0. The van der Waals surface area contributed by atoms with Gasteiger partial charge in [0.25, 0.3) is 0 Å². The molecule has 0 aromatic carbocycles. The molecule has 0 amide bonds. The lowest BCUT2D eigenvalue weighted by Crippen LogP contribution is -2.33. The van der Waals surface area contributed by atoms with Crippen LogP contribution in [0.3, 0.4) is 0 Å². The summed E-state index contributed by atoms with van der Waals surface area (Å²) in [4.78, 5) is 0. The Morgan fingerprint density at radius 1 is 1.24 bits per heavy atom. The van der Waals surface area contributed by atoms with Crippen molar-refractivity contribution in [2.75, 3.05) is 7.11 Å². The summed E-state index contributed by atoms with van der Waals surface area (Å²) in [6.45, 7) is 0. The maximum absolute atomic E-state index is 12.3. The molecule has 0 radical (unpaired) electrons. The van der Waals surface area contributed by atoms with Gasteiger partial charge in [0.05, 0.1) is 6.10 Å². The summed E-state index contributed by atoms with van der Waals surface area (Å²) in [6.07, 6.45) is 6.95. The lowest BCUT2D eigenvalue weighted by molar-refractivity contribution is -0.0527. The van der Waals surface area contributed by atoms with Crippen LogP contribution >= 0.6 is 0 Å². The van der Waals surface area contributed by atoms with Crippen molar-refractivity contribution in [2.45, 2.75) is 56.6 Å². The first kappa shape index (κ1) is 16.6. The molecule has 0 heterocycles. The van der Waals surface area contributed by atoms with Crippen molar-refractivity contribution in [1.82, 2.24) is 0 Å². The van der Waals surface area contributed by atoms with E-state index in [1.807, 2.05) is 0 Å². The quantitative estimate of drug-likeness (QED) is 0.588. The first-order valence-corrected chi connectivity index (χ1v) is 8.31. The fraction of sp³-hybridized carbons (Fsp3) is 0.846. The molecule has 0 atom stereocenters. The largest absolute Gasteiger partial charge is 0.534 e. The highest BCUT2D eigenvalue weighted by Crippen LogP contribution is 2.47. The summed E-state index contributed by atoms with van der Waals surface area (Å²) < 4.78 is 68.2. The van der Waals surface area contributed by atoms with Gasteiger partial charge in [-0.2, -0.15) is 21.6 Å². The number of hydrogen-bond donors (Lipinski definition) is 0. The van der Waals surface area contributed by atoms with Gasteiger partial charge >= 0.3 is 15.6 Å². The molecule has 21 heavy (non-hydrogen) atoms. The molecule has 2 aliphatic rings. The van der Waals surface area contributed by atoms with E-state index in [0.717, 1.165) is 25.7 Å². The minimum absolute atomic E-state index is 0.0594. The van der Waals surface area contributed by atoms with E-state index in [0.29, 0.717) is 12.8 Å². The molecule has 0 bridgehead atoms. The van der Waals surface area contributed by atoms with Crippen LogP contribution < -0.4 is 0 Å². The topological polar surface area (TPSA) is 52.6 Å². The maximum Gasteiger partial charge on any atom is 0.534 e. The van der Waals surface area contributed by atoms with Gasteiger partial charge in [0.2, 0.25) is 0 Å². The van der Waals surface area contributed by atoms with Gasteiger partial charge in [-0.3, -0.25) is 0 Å². The molecule has 122 valence electrons. The summed E-state index contributed by atoms with van der Waals surface area (Å²) >= 11 is 0. The van der Waals surface area contributed by atoms with E-state index in [1.165, 1.54) is 6.08 Å². The fourth-order valence-electron chi connectivity index (χ4n) is 3.08. The van der Waals surface area contributed by atoms with E-state index in [4.69, 9.17) is 4.74 Å². The standard InChI is InChI=1S/C13H19F3O4S/c1-19-10-2-6-12(7-3-10)8-4-11(5-9-12)20-21(17,18)13(14,15)16/h4,10H,2-3,5-9H2,1H3. The van der Waals surface area contributed by atoms with Crippen molar-refractivity contribution in [3.05, 3.63) is 11.8 Å². The van der Waals surface area contributed by atoms with Crippen molar-refractivity contribution in [3.63, 3.8) is 0 Å². The van der Waals surface area contributed by atoms with Crippen LogP contribution in [-0.4, -0.2) is 27.1 Å². The number of allylic oxidation sites excluding steroid dienone is 2. The van der Waals surface area contributed by atoms with Gasteiger partial charge in [0, 0.05) is 13.5 Å². The van der Waals surface area contributed by atoms with E-state index >= 15 is 0 Å². The third kappa shape index (κ3) is 3.71. The molecular formula is C13H19F3O4S. The van der Waals surface area contributed by atoms with Gasteiger partial charge in [0.1, 0.15) is 5.76 Å². The van der Waals surface area contributed by atoms with Crippen molar-refractivity contribution in [3.8, 4) is 0 Å². The summed E-state index contributed by atoms with van der Waals surface area (Å²) in [5.74, 6) is -0.0909. The van der Waals surface area contributed by atoms with Crippen LogP contribution in [0, 0.1) is 5.41 Å². The van der Waals surface area contributed by atoms with Gasteiger partial charge in [-0.1, -0.05) is 0 Å². The van der Waals surface area contributed by atoms with Gasteiger partial charge < -0.3 is 8.92 Å². The summed E-state index contributed by atoms with van der Waals surface area (Å²) in [7, 11) is -3.86. The van der Waals surface area contributed by atoms with Crippen molar-refractivity contribution in [1.29, 1.82) is 0 Å². The van der Waals surface area contributed by atoms with Crippen LogP contribution in [0.1, 0.15) is 44.9 Å². The third-order valence-corrected chi connectivity index (χ3v) is 5.49. The molecular weight excluding hydrogens is 309 g/mol. The van der Waals surface area contributed by atoms with Crippen LogP contribution in [0.4, 0.5) is 13.2 Å². The van der Waals surface area contributed by atoms with Gasteiger partial charge in [-0.25, -0.2) is 0 Å². The highest BCUT2D eigenvalue weighted by molar-refractivity contribution is 7.87. The zero-order chi connectivity index (χ0) is 15.7. The van der Waals surface area contributed by atoms with Crippen LogP contribution in [0.15, 0.2) is 11.8 Å². The molecule has 0 N–H and O–H groups in total. The summed E-state index contributed by atoms with van der Waals surface area (Å²) in [6, 6.07) is 0. The Hall–Kier alpha value is -0.760. The zero-order valence-corrected chi connectivity index (χ0v) is 12.6. The van der Waals surface area contributed by atoms with Crippen molar-refractivity contribution < 1.29 is 30.5 Å². The monoisotopic (exact) mass is 328 g/mol. The molecule has 2 rings (SSSR count). The Balaban J connectivity index is 1.97. The second-order valence-corrected chi connectivity index (χ2v) is 7.33. The molecule has 1 spiro atoms. The molecule has 2 aliphatic carbocycles. The highest BCUT2D eigenvalue weighted by atomic mass is 32.2. The molecule has 0 unspecified atom stereocenters. The summed E-state index contributed by atoms with van der Waals surface area (Å²) in [5.41, 5.74) is -5.32. The van der Waals surface area contributed by atoms with Crippen LogP contribution in [-0.2, 0) is 19.0 Å². The van der Waals surface area contributed by atoms with Crippen molar-refractivity contribution >= 4 is 10.1 Å².